The van der Waals surface area contributed by atoms with E-state index in [2.05, 4.69) is 17.5 Å². The summed E-state index contributed by atoms with van der Waals surface area (Å²) in [5.41, 5.74) is 3.76. The summed E-state index contributed by atoms with van der Waals surface area (Å²) in [6, 6.07) is 13.4. The molecule has 2 aromatic rings. The van der Waals surface area contributed by atoms with Crippen molar-refractivity contribution < 1.29 is 14.3 Å². The Bertz CT molecular complexity index is 817. The van der Waals surface area contributed by atoms with Crippen LogP contribution >= 0.6 is 11.6 Å². The average Bonchev–Trinajstić information content (AvgIpc) is 2.75. The van der Waals surface area contributed by atoms with E-state index in [4.69, 9.17) is 16.3 Å². The quantitative estimate of drug-likeness (QED) is 0.145. The van der Waals surface area contributed by atoms with Crippen molar-refractivity contribution in [2.24, 2.45) is 5.10 Å². The third-order valence-corrected chi connectivity index (χ3v) is 4.83. The Labute approximate surface area is 183 Å². The number of nitrogens with zero attached hydrogens (tertiary/aromatic N) is 1. The van der Waals surface area contributed by atoms with Crippen LogP contribution in [0.2, 0.25) is 5.02 Å². The van der Waals surface area contributed by atoms with Crippen LogP contribution in [0.4, 0.5) is 0 Å². The summed E-state index contributed by atoms with van der Waals surface area (Å²) in [4.78, 5) is 23.9. The molecular formula is C24H29ClN2O3. The zero-order chi connectivity index (χ0) is 21.6. The molecule has 0 aliphatic rings. The Morgan fingerprint density at radius 1 is 0.933 bits per heavy atom. The van der Waals surface area contributed by atoms with E-state index in [1.807, 2.05) is 0 Å². The third kappa shape index (κ3) is 9.23. The number of benzene rings is 2. The highest BCUT2D eigenvalue weighted by atomic mass is 35.5. The third-order valence-electron chi connectivity index (χ3n) is 4.58. The number of esters is 1. The molecule has 0 spiro atoms. The van der Waals surface area contributed by atoms with Crippen LogP contribution < -0.4 is 10.2 Å². The van der Waals surface area contributed by atoms with Crippen LogP contribution in [0.1, 0.15) is 74.2 Å². The van der Waals surface area contributed by atoms with Gasteiger partial charge in [0.2, 0.25) is 5.91 Å². The van der Waals surface area contributed by atoms with Gasteiger partial charge in [-0.15, -0.1) is 0 Å². The number of ether oxygens (including phenoxy) is 1. The van der Waals surface area contributed by atoms with Crippen LogP contribution in [-0.2, 0) is 4.79 Å². The van der Waals surface area contributed by atoms with Crippen molar-refractivity contribution in [3.8, 4) is 5.75 Å². The van der Waals surface area contributed by atoms with Gasteiger partial charge in [0.15, 0.2) is 0 Å². The molecule has 1 amide bonds. The number of carbonyl (C=O) groups excluding carboxylic acids is 2. The van der Waals surface area contributed by atoms with E-state index in [1.165, 1.54) is 32.1 Å². The lowest BCUT2D eigenvalue weighted by molar-refractivity contribution is -0.121. The van der Waals surface area contributed by atoms with Gasteiger partial charge in [0.25, 0.3) is 0 Å². The highest BCUT2D eigenvalue weighted by Crippen LogP contribution is 2.15. The maximum absolute atomic E-state index is 12.1. The Hall–Kier alpha value is -2.66. The molecule has 0 aliphatic heterocycles. The fourth-order valence-electron chi connectivity index (χ4n) is 2.85. The fourth-order valence-corrected chi connectivity index (χ4v) is 2.98. The topological polar surface area (TPSA) is 67.8 Å². The fraction of sp³-hybridized carbons (Fsp3) is 0.375. The van der Waals surface area contributed by atoms with Crippen molar-refractivity contribution in [2.45, 2.75) is 58.3 Å². The summed E-state index contributed by atoms with van der Waals surface area (Å²) in [6.07, 6.45) is 10.3. The number of hydrazone groups is 1. The molecule has 30 heavy (non-hydrogen) atoms. The second kappa shape index (κ2) is 13.5. The molecule has 5 nitrogen and oxygen atoms in total. The van der Waals surface area contributed by atoms with Crippen LogP contribution in [0.5, 0.6) is 5.75 Å². The molecule has 0 saturated heterocycles. The first kappa shape index (κ1) is 23.6. The average molecular weight is 429 g/mol. The molecule has 0 aromatic heterocycles. The Kier molecular flexibility index (Phi) is 10.7. The molecule has 0 saturated carbocycles. The van der Waals surface area contributed by atoms with Crippen LogP contribution in [0.15, 0.2) is 53.6 Å². The number of amides is 1. The van der Waals surface area contributed by atoms with E-state index in [0.29, 0.717) is 22.8 Å². The second-order valence-corrected chi connectivity index (χ2v) is 7.57. The van der Waals surface area contributed by atoms with E-state index >= 15 is 0 Å². The molecule has 2 rings (SSSR count). The summed E-state index contributed by atoms with van der Waals surface area (Å²) in [5, 5.41) is 4.54. The first-order valence-electron chi connectivity index (χ1n) is 10.5. The predicted octanol–water partition coefficient (Wildman–Crippen LogP) is 6.15. The number of halogens is 1. The predicted molar refractivity (Wildman–Crippen MR) is 121 cm³/mol. The van der Waals surface area contributed by atoms with Gasteiger partial charge >= 0.3 is 5.97 Å². The SMILES string of the molecule is CCCCCCCCCC(=O)NN=Cc1ccc(OC(=O)c2ccc(Cl)cc2)cc1. The molecule has 2 aromatic carbocycles. The maximum Gasteiger partial charge on any atom is 0.343 e. The summed E-state index contributed by atoms with van der Waals surface area (Å²) < 4.78 is 5.33. The minimum atomic E-state index is -0.453. The number of nitrogens with one attached hydrogen (secondary N) is 1. The minimum Gasteiger partial charge on any atom is -0.423 e. The zero-order valence-corrected chi connectivity index (χ0v) is 18.2. The van der Waals surface area contributed by atoms with Crippen LogP contribution in [0, 0.1) is 0 Å². The van der Waals surface area contributed by atoms with E-state index in [9.17, 15) is 9.59 Å². The molecule has 0 aliphatic carbocycles. The molecule has 160 valence electrons. The molecule has 0 fully saturated rings. The van der Waals surface area contributed by atoms with Gasteiger partial charge in [0, 0.05) is 11.4 Å². The minimum absolute atomic E-state index is 0.0756. The summed E-state index contributed by atoms with van der Waals surface area (Å²) in [5.74, 6) is -0.103. The molecule has 0 unspecified atom stereocenters. The first-order valence-corrected chi connectivity index (χ1v) is 10.9. The summed E-state index contributed by atoms with van der Waals surface area (Å²) in [7, 11) is 0. The number of rotatable bonds is 12. The van der Waals surface area contributed by atoms with Crippen LogP contribution in [0.3, 0.4) is 0 Å². The molecule has 0 bridgehead atoms. The second-order valence-electron chi connectivity index (χ2n) is 7.13. The van der Waals surface area contributed by atoms with Gasteiger partial charge in [-0.25, -0.2) is 10.2 Å². The molecule has 1 N–H and O–H groups in total. The molecule has 0 heterocycles. The van der Waals surface area contributed by atoms with E-state index in [-0.39, 0.29) is 5.91 Å². The normalized spacial score (nSPS) is 10.9. The van der Waals surface area contributed by atoms with Crippen molar-refractivity contribution >= 4 is 29.7 Å². The first-order chi connectivity index (χ1) is 14.6. The van der Waals surface area contributed by atoms with Crippen LogP contribution in [-0.4, -0.2) is 18.1 Å². The van der Waals surface area contributed by atoms with Gasteiger partial charge in [-0.3, -0.25) is 4.79 Å². The lowest BCUT2D eigenvalue weighted by Gasteiger charge is -2.05. The number of unbranched alkanes of at least 4 members (excludes halogenated alkanes) is 6. The van der Waals surface area contributed by atoms with Gasteiger partial charge in [-0.1, -0.05) is 57.0 Å². The summed E-state index contributed by atoms with van der Waals surface area (Å²) >= 11 is 5.82. The monoisotopic (exact) mass is 428 g/mol. The largest absolute Gasteiger partial charge is 0.423 e. The Morgan fingerprint density at radius 3 is 2.23 bits per heavy atom. The standard InChI is InChI=1S/C24H29ClN2O3/c1-2-3-4-5-6-7-8-9-23(28)27-26-18-19-10-16-22(17-11-19)30-24(29)20-12-14-21(25)15-13-20/h10-18H,2-9H2,1H3,(H,27,28). The van der Waals surface area contributed by atoms with Crippen LogP contribution in [0.25, 0.3) is 0 Å². The number of hydrogen-bond acceptors (Lipinski definition) is 4. The van der Waals surface area contributed by atoms with Crippen molar-refractivity contribution in [1.82, 2.24) is 5.43 Å². The zero-order valence-electron chi connectivity index (χ0n) is 17.4. The highest BCUT2D eigenvalue weighted by Gasteiger charge is 2.08. The van der Waals surface area contributed by atoms with Crippen molar-refractivity contribution in [3.63, 3.8) is 0 Å². The van der Waals surface area contributed by atoms with E-state index < -0.39 is 5.97 Å². The highest BCUT2D eigenvalue weighted by molar-refractivity contribution is 6.30. The lowest BCUT2D eigenvalue weighted by atomic mass is 10.1. The maximum atomic E-state index is 12.1. The van der Waals surface area contributed by atoms with Crippen molar-refractivity contribution in [1.29, 1.82) is 0 Å². The molecule has 0 radical (unpaired) electrons. The number of hydrogen-bond donors (Lipinski definition) is 1. The van der Waals surface area contributed by atoms with E-state index in [1.54, 1.807) is 54.7 Å². The van der Waals surface area contributed by atoms with Gasteiger partial charge in [-0.05, 0) is 60.5 Å². The van der Waals surface area contributed by atoms with Gasteiger partial charge in [-0.2, -0.15) is 5.10 Å². The van der Waals surface area contributed by atoms with Gasteiger partial charge in [0.1, 0.15) is 5.75 Å². The molecular weight excluding hydrogens is 400 g/mol. The summed E-state index contributed by atoms with van der Waals surface area (Å²) in [6.45, 7) is 2.21. The molecule has 6 heteroatoms. The number of carbonyl (C=O) groups is 2. The van der Waals surface area contributed by atoms with Gasteiger partial charge in [0.05, 0.1) is 11.8 Å². The smallest absolute Gasteiger partial charge is 0.343 e. The Morgan fingerprint density at radius 2 is 1.57 bits per heavy atom. The van der Waals surface area contributed by atoms with Crippen molar-refractivity contribution in [3.05, 3.63) is 64.7 Å². The Balaban J connectivity index is 1.68. The molecule has 0 atom stereocenters. The lowest BCUT2D eigenvalue weighted by Crippen LogP contribution is -2.16. The van der Waals surface area contributed by atoms with Crippen molar-refractivity contribution in [2.75, 3.05) is 0 Å². The van der Waals surface area contributed by atoms with Gasteiger partial charge < -0.3 is 4.74 Å². The van der Waals surface area contributed by atoms with E-state index in [0.717, 1.165) is 18.4 Å².